The van der Waals surface area contributed by atoms with E-state index < -0.39 is 0 Å². The van der Waals surface area contributed by atoms with Crippen LogP contribution in [0.2, 0.25) is 5.02 Å². The molecule has 0 fully saturated rings. The van der Waals surface area contributed by atoms with Crippen molar-refractivity contribution in [1.82, 2.24) is 14.9 Å². The molecule has 1 aromatic heterocycles. The summed E-state index contributed by atoms with van der Waals surface area (Å²) in [5.74, 6) is 0.822. The van der Waals surface area contributed by atoms with Crippen LogP contribution >= 0.6 is 11.6 Å². The number of ether oxygens (including phenoxy) is 1. The monoisotopic (exact) mass is 399 g/mol. The van der Waals surface area contributed by atoms with Gasteiger partial charge in [0.05, 0.1) is 17.4 Å². The van der Waals surface area contributed by atoms with Crippen LogP contribution in [0.3, 0.4) is 0 Å². The van der Waals surface area contributed by atoms with E-state index in [4.69, 9.17) is 16.3 Å². The summed E-state index contributed by atoms with van der Waals surface area (Å²) in [5.41, 5.74) is 1.26. The maximum absolute atomic E-state index is 12.7. The van der Waals surface area contributed by atoms with Gasteiger partial charge in [0.2, 0.25) is 0 Å². The van der Waals surface area contributed by atoms with E-state index >= 15 is 0 Å². The molecule has 0 aliphatic rings. The largest absolute Gasteiger partial charge is 0.484 e. The molecule has 0 unspecified atom stereocenters. The standard InChI is InChI=1S/C21H22ClN3O3/c1-13(2)25(20(26)12-28-15-8-9-17(22)14(3)10-15)11-19-23-18-7-5-4-6-16(18)21(27)24-19/h4-10,13H,11-12H2,1-3H3,(H,23,24,27). The van der Waals surface area contributed by atoms with Crippen molar-refractivity contribution in [2.45, 2.75) is 33.4 Å². The summed E-state index contributed by atoms with van der Waals surface area (Å²) in [4.78, 5) is 33.8. The van der Waals surface area contributed by atoms with E-state index in [1.807, 2.05) is 26.8 Å². The quantitative estimate of drug-likeness (QED) is 0.685. The number of aromatic nitrogens is 2. The van der Waals surface area contributed by atoms with Gasteiger partial charge in [0.1, 0.15) is 11.6 Å². The van der Waals surface area contributed by atoms with E-state index in [1.165, 1.54) is 0 Å². The lowest BCUT2D eigenvalue weighted by atomic mass is 10.2. The van der Waals surface area contributed by atoms with Gasteiger partial charge in [-0.15, -0.1) is 0 Å². The molecule has 1 N–H and O–H groups in total. The van der Waals surface area contributed by atoms with Crippen LogP contribution in [0.1, 0.15) is 25.2 Å². The van der Waals surface area contributed by atoms with Gasteiger partial charge in [-0.05, 0) is 56.7 Å². The summed E-state index contributed by atoms with van der Waals surface area (Å²) in [7, 11) is 0. The molecular formula is C21H22ClN3O3. The second-order valence-electron chi connectivity index (χ2n) is 6.84. The van der Waals surface area contributed by atoms with Crippen LogP contribution in [0, 0.1) is 6.92 Å². The average Bonchev–Trinajstić information content (AvgIpc) is 2.66. The van der Waals surface area contributed by atoms with Gasteiger partial charge in [-0.2, -0.15) is 0 Å². The molecular weight excluding hydrogens is 378 g/mol. The van der Waals surface area contributed by atoms with Crippen molar-refractivity contribution in [2.24, 2.45) is 0 Å². The third-order valence-electron chi connectivity index (χ3n) is 4.42. The second kappa shape index (κ2) is 8.44. The highest BCUT2D eigenvalue weighted by molar-refractivity contribution is 6.31. The minimum absolute atomic E-state index is 0.0835. The average molecular weight is 400 g/mol. The Hall–Kier alpha value is -2.86. The molecule has 0 aliphatic heterocycles. The summed E-state index contributed by atoms with van der Waals surface area (Å²) >= 11 is 6.01. The number of fused-ring (bicyclic) bond motifs is 1. The number of aromatic amines is 1. The van der Waals surface area contributed by atoms with E-state index in [2.05, 4.69) is 9.97 Å². The second-order valence-corrected chi connectivity index (χ2v) is 7.25. The number of carbonyl (C=O) groups excluding carboxylic acids is 1. The lowest BCUT2D eigenvalue weighted by Crippen LogP contribution is -2.40. The van der Waals surface area contributed by atoms with Crippen LogP contribution in [-0.4, -0.2) is 33.4 Å². The Morgan fingerprint density at radius 1 is 1.25 bits per heavy atom. The first-order valence-electron chi connectivity index (χ1n) is 9.01. The molecule has 6 nitrogen and oxygen atoms in total. The number of rotatable bonds is 6. The smallest absolute Gasteiger partial charge is 0.261 e. The molecule has 0 atom stereocenters. The van der Waals surface area contributed by atoms with E-state index in [0.29, 0.717) is 27.5 Å². The summed E-state index contributed by atoms with van der Waals surface area (Å²) < 4.78 is 5.62. The SMILES string of the molecule is Cc1cc(OCC(=O)N(Cc2nc3ccccc3c(=O)[nH]2)C(C)C)ccc1Cl. The normalized spacial score (nSPS) is 11.0. The number of amides is 1. The summed E-state index contributed by atoms with van der Waals surface area (Å²) in [6.45, 7) is 5.77. The molecule has 0 saturated carbocycles. The van der Waals surface area contributed by atoms with Crippen LogP contribution in [0.15, 0.2) is 47.3 Å². The van der Waals surface area contributed by atoms with Gasteiger partial charge in [0.15, 0.2) is 6.61 Å². The first kappa shape index (κ1) is 19.9. The number of halogens is 1. The molecule has 7 heteroatoms. The van der Waals surface area contributed by atoms with Crippen LogP contribution in [0.4, 0.5) is 0 Å². The Morgan fingerprint density at radius 2 is 2.00 bits per heavy atom. The number of carbonyl (C=O) groups is 1. The Labute approximate surface area is 168 Å². The highest BCUT2D eigenvalue weighted by Gasteiger charge is 2.19. The van der Waals surface area contributed by atoms with Crippen LogP contribution < -0.4 is 10.3 Å². The van der Waals surface area contributed by atoms with Gasteiger partial charge in [-0.3, -0.25) is 9.59 Å². The first-order valence-corrected chi connectivity index (χ1v) is 9.39. The fourth-order valence-corrected chi connectivity index (χ4v) is 2.98. The summed E-state index contributed by atoms with van der Waals surface area (Å²) in [6.07, 6.45) is 0. The Kier molecular flexibility index (Phi) is 5.99. The maximum Gasteiger partial charge on any atom is 0.261 e. The fraction of sp³-hybridized carbons (Fsp3) is 0.286. The van der Waals surface area contributed by atoms with Crippen molar-refractivity contribution in [2.75, 3.05) is 6.61 Å². The van der Waals surface area contributed by atoms with Gasteiger partial charge in [0.25, 0.3) is 11.5 Å². The lowest BCUT2D eigenvalue weighted by molar-refractivity contribution is -0.135. The molecule has 1 amide bonds. The molecule has 28 heavy (non-hydrogen) atoms. The molecule has 0 radical (unpaired) electrons. The van der Waals surface area contributed by atoms with Crippen molar-refractivity contribution in [3.63, 3.8) is 0 Å². The number of nitrogens with one attached hydrogen (secondary N) is 1. The number of aryl methyl sites for hydroxylation is 1. The molecule has 3 aromatic rings. The van der Waals surface area contributed by atoms with Gasteiger partial charge in [0, 0.05) is 11.1 Å². The zero-order chi connectivity index (χ0) is 20.3. The van der Waals surface area contributed by atoms with Crippen LogP contribution in [0.5, 0.6) is 5.75 Å². The molecule has 0 saturated heterocycles. The van der Waals surface area contributed by atoms with Crippen LogP contribution in [-0.2, 0) is 11.3 Å². The van der Waals surface area contributed by atoms with Gasteiger partial charge in [-0.25, -0.2) is 4.98 Å². The molecule has 2 aromatic carbocycles. The Morgan fingerprint density at radius 3 is 2.71 bits per heavy atom. The highest BCUT2D eigenvalue weighted by Crippen LogP contribution is 2.21. The Bertz CT molecular complexity index is 1060. The Balaban J connectivity index is 1.75. The molecule has 0 bridgehead atoms. The van der Waals surface area contributed by atoms with E-state index in [1.54, 1.807) is 41.3 Å². The number of H-pyrrole nitrogens is 1. The number of hydrogen-bond acceptors (Lipinski definition) is 4. The third-order valence-corrected chi connectivity index (χ3v) is 4.84. The number of benzene rings is 2. The molecule has 1 heterocycles. The predicted octanol–water partition coefficient (Wildman–Crippen LogP) is 3.70. The predicted molar refractivity (Wildman–Crippen MR) is 110 cm³/mol. The third kappa shape index (κ3) is 4.51. The molecule has 3 rings (SSSR count). The zero-order valence-corrected chi connectivity index (χ0v) is 16.8. The topological polar surface area (TPSA) is 75.3 Å². The van der Waals surface area contributed by atoms with Crippen molar-refractivity contribution in [1.29, 1.82) is 0 Å². The first-order chi connectivity index (χ1) is 13.3. The lowest BCUT2D eigenvalue weighted by Gasteiger charge is -2.26. The maximum atomic E-state index is 12.7. The number of para-hydroxylation sites is 1. The molecule has 146 valence electrons. The van der Waals surface area contributed by atoms with Gasteiger partial charge >= 0.3 is 0 Å². The molecule has 0 spiro atoms. The van der Waals surface area contributed by atoms with E-state index in [0.717, 1.165) is 5.56 Å². The highest BCUT2D eigenvalue weighted by atomic mass is 35.5. The van der Waals surface area contributed by atoms with Crippen molar-refractivity contribution in [3.8, 4) is 5.75 Å². The molecule has 0 aliphatic carbocycles. The van der Waals surface area contributed by atoms with E-state index in [-0.39, 0.29) is 30.7 Å². The van der Waals surface area contributed by atoms with Crippen LogP contribution in [0.25, 0.3) is 10.9 Å². The number of nitrogens with zero attached hydrogens (tertiary/aromatic N) is 2. The minimum atomic E-state index is -0.218. The zero-order valence-electron chi connectivity index (χ0n) is 16.0. The van der Waals surface area contributed by atoms with Crippen molar-refractivity contribution < 1.29 is 9.53 Å². The summed E-state index contributed by atoms with van der Waals surface area (Å²) in [6, 6.07) is 12.3. The fourth-order valence-electron chi connectivity index (χ4n) is 2.86. The minimum Gasteiger partial charge on any atom is -0.484 e. The van der Waals surface area contributed by atoms with Gasteiger partial charge < -0.3 is 14.6 Å². The van der Waals surface area contributed by atoms with Gasteiger partial charge in [-0.1, -0.05) is 23.7 Å². The summed E-state index contributed by atoms with van der Waals surface area (Å²) in [5, 5.41) is 1.17. The van der Waals surface area contributed by atoms with Crippen molar-refractivity contribution >= 4 is 28.4 Å². The van der Waals surface area contributed by atoms with E-state index in [9.17, 15) is 9.59 Å². The number of hydrogen-bond donors (Lipinski definition) is 1. The van der Waals surface area contributed by atoms with Crippen molar-refractivity contribution in [3.05, 3.63) is 69.2 Å².